The molecule has 0 aromatic carbocycles. The van der Waals surface area contributed by atoms with Gasteiger partial charge in [-0.3, -0.25) is 14.3 Å². The SMILES string of the molecule is Cc1cnn(CCNC(=O)C2C(C(=O)O)C2(C)C)c1. The highest BCUT2D eigenvalue weighted by Crippen LogP contribution is 2.58. The molecule has 0 radical (unpaired) electrons. The van der Waals surface area contributed by atoms with E-state index in [1.807, 2.05) is 27.0 Å². The van der Waals surface area contributed by atoms with Gasteiger partial charge in [-0.25, -0.2) is 0 Å². The summed E-state index contributed by atoms with van der Waals surface area (Å²) in [5, 5.41) is 15.9. The summed E-state index contributed by atoms with van der Waals surface area (Å²) >= 11 is 0. The average Bonchev–Trinajstić information content (AvgIpc) is 2.65. The van der Waals surface area contributed by atoms with E-state index in [4.69, 9.17) is 5.11 Å². The number of aryl methyl sites for hydroxylation is 1. The zero-order valence-corrected chi connectivity index (χ0v) is 11.4. The van der Waals surface area contributed by atoms with E-state index < -0.39 is 23.2 Å². The van der Waals surface area contributed by atoms with Crippen molar-refractivity contribution in [1.29, 1.82) is 0 Å². The first kappa shape index (κ1) is 13.6. The predicted molar refractivity (Wildman–Crippen MR) is 68.4 cm³/mol. The number of carboxylic acid groups (broad SMARTS) is 1. The van der Waals surface area contributed by atoms with E-state index in [2.05, 4.69) is 10.4 Å². The Kier molecular flexibility index (Phi) is 3.34. The molecule has 0 bridgehead atoms. The molecule has 2 N–H and O–H groups in total. The lowest BCUT2D eigenvalue weighted by Crippen LogP contribution is -2.30. The Labute approximate surface area is 111 Å². The van der Waals surface area contributed by atoms with E-state index in [1.54, 1.807) is 10.9 Å². The number of hydrogen-bond donors (Lipinski definition) is 2. The van der Waals surface area contributed by atoms with Crippen LogP contribution in [-0.4, -0.2) is 33.3 Å². The molecule has 1 heterocycles. The first-order valence-corrected chi connectivity index (χ1v) is 6.33. The standard InChI is InChI=1S/C13H19N3O3/c1-8-6-15-16(7-8)5-4-14-11(17)9-10(12(18)19)13(9,2)3/h6-7,9-10H,4-5H2,1-3H3,(H,14,17)(H,18,19). The summed E-state index contributed by atoms with van der Waals surface area (Å²) in [6.07, 6.45) is 3.65. The molecule has 2 rings (SSSR count). The first-order valence-electron chi connectivity index (χ1n) is 6.33. The molecular formula is C13H19N3O3. The van der Waals surface area contributed by atoms with Crippen molar-refractivity contribution in [3.8, 4) is 0 Å². The molecule has 1 saturated carbocycles. The molecule has 0 spiro atoms. The van der Waals surface area contributed by atoms with Crippen molar-refractivity contribution in [3.63, 3.8) is 0 Å². The van der Waals surface area contributed by atoms with Gasteiger partial charge < -0.3 is 10.4 Å². The van der Waals surface area contributed by atoms with Crippen LogP contribution in [0.4, 0.5) is 0 Å². The Morgan fingerprint density at radius 3 is 2.63 bits per heavy atom. The second-order valence-electron chi connectivity index (χ2n) is 5.69. The number of nitrogens with zero attached hydrogens (tertiary/aromatic N) is 2. The van der Waals surface area contributed by atoms with Gasteiger partial charge in [0.2, 0.25) is 5.91 Å². The minimum Gasteiger partial charge on any atom is -0.481 e. The summed E-state index contributed by atoms with van der Waals surface area (Å²) in [7, 11) is 0. The van der Waals surface area contributed by atoms with Gasteiger partial charge in [-0.2, -0.15) is 5.10 Å². The van der Waals surface area contributed by atoms with E-state index in [0.29, 0.717) is 13.1 Å². The Balaban J connectivity index is 1.81. The summed E-state index contributed by atoms with van der Waals surface area (Å²) in [6, 6.07) is 0. The maximum atomic E-state index is 11.9. The second-order valence-corrected chi connectivity index (χ2v) is 5.69. The van der Waals surface area contributed by atoms with Crippen LogP contribution in [0.3, 0.4) is 0 Å². The van der Waals surface area contributed by atoms with Crippen molar-refractivity contribution in [3.05, 3.63) is 18.0 Å². The number of aliphatic carboxylic acids is 1. The van der Waals surface area contributed by atoms with Crippen LogP contribution in [0.1, 0.15) is 19.4 Å². The van der Waals surface area contributed by atoms with Crippen LogP contribution in [0.25, 0.3) is 0 Å². The van der Waals surface area contributed by atoms with Crippen molar-refractivity contribution < 1.29 is 14.7 Å². The quantitative estimate of drug-likeness (QED) is 0.819. The summed E-state index contributed by atoms with van der Waals surface area (Å²) in [4.78, 5) is 22.9. The van der Waals surface area contributed by atoms with E-state index in [1.165, 1.54) is 0 Å². The van der Waals surface area contributed by atoms with Gasteiger partial charge in [-0.15, -0.1) is 0 Å². The van der Waals surface area contributed by atoms with E-state index in [0.717, 1.165) is 5.56 Å². The third kappa shape index (κ3) is 2.62. The lowest BCUT2D eigenvalue weighted by atomic mass is 10.1. The van der Waals surface area contributed by atoms with E-state index in [9.17, 15) is 9.59 Å². The summed E-state index contributed by atoms with van der Waals surface area (Å²) in [6.45, 7) is 6.62. The highest BCUT2D eigenvalue weighted by molar-refractivity contribution is 5.91. The fourth-order valence-corrected chi connectivity index (χ4v) is 2.58. The van der Waals surface area contributed by atoms with Crippen molar-refractivity contribution in [2.45, 2.75) is 27.3 Å². The van der Waals surface area contributed by atoms with Gasteiger partial charge in [0.05, 0.1) is 24.6 Å². The Bertz CT molecular complexity index is 507. The molecule has 6 heteroatoms. The minimum atomic E-state index is -0.896. The fraction of sp³-hybridized carbons (Fsp3) is 0.615. The zero-order valence-electron chi connectivity index (χ0n) is 11.4. The third-order valence-electron chi connectivity index (χ3n) is 3.78. The molecular weight excluding hydrogens is 246 g/mol. The van der Waals surface area contributed by atoms with Crippen LogP contribution in [0.15, 0.2) is 12.4 Å². The molecule has 2 atom stereocenters. The van der Waals surface area contributed by atoms with Gasteiger partial charge in [0.25, 0.3) is 0 Å². The maximum Gasteiger partial charge on any atom is 0.307 e. The molecule has 104 valence electrons. The number of carbonyl (C=O) groups excluding carboxylic acids is 1. The molecule has 1 aromatic rings. The van der Waals surface area contributed by atoms with Crippen molar-refractivity contribution in [2.24, 2.45) is 17.3 Å². The van der Waals surface area contributed by atoms with Gasteiger partial charge in [0.1, 0.15) is 0 Å². The number of aromatic nitrogens is 2. The molecule has 1 aliphatic carbocycles. The zero-order chi connectivity index (χ0) is 14.2. The molecule has 6 nitrogen and oxygen atoms in total. The lowest BCUT2D eigenvalue weighted by Gasteiger charge is -2.06. The van der Waals surface area contributed by atoms with Crippen LogP contribution in [-0.2, 0) is 16.1 Å². The summed E-state index contributed by atoms with van der Waals surface area (Å²) in [5.74, 6) is -2.07. The van der Waals surface area contributed by atoms with E-state index >= 15 is 0 Å². The van der Waals surface area contributed by atoms with Crippen LogP contribution >= 0.6 is 0 Å². The third-order valence-corrected chi connectivity index (χ3v) is 3.78. The minimum absolute atomic E-state index is 0.179. The van der Waals surface area contributed by atoms with Gasteiger partial charge in [-0.1, -0.05) is 13.8 Å². The molecule has 19 heavy (non-hydrogen) atoms. The van der Waals surface area contributed by atoms with Crippen LogP contribution in [0.2, 0.25) is 0 Å². The Morgan fingerprint density at radius 1 is 1.47 bits per heavy atom. The number of amides is 1. The Hall–Kier alpha value is -1.85. The predicted octanol–water partition coefficient (Wildman–Crippen LogP) is 0.665. The average molecular weight is 265 g/mol. The molecule has 2 unspecified atom stereocenters. The fourth-order valence-electron chi connectivity index (χ4n) is 2.58. The molecule has 1 amide bonds. The van der Waals surface area contributed by atoms with Gasteiger partial charge >= 0.3 is 5.97 Å². The van der Waals surface area contributed by atoms with Crippen molar-refractivity contribution in [1.82, 2.24) is 15.1 Å². The molecule has 0 aliphatic heterocycles. The second kappa shape index (κ2) is 4.68. The number of carboxylic acids is 1. The monoisotopic (exact) mass is 265 g/mol. The number of nitrogens with one attached hydrogen (secondary N) is 1. The summed E-state index contributed by atoms with van der Waals surface area (Å²) in [5.41, 5.74) is 0.624. The van der Waals surface area contributed by atoms with Crippen molar-refractivity contribution >= 4 is 11.9 Å². The molecule has 0 saturated heterocycles. The van der Waals surface area contributed by atoms with E-state index in [-0.39, 0.29) is 5.91 Å². The topological polar surface area (TPSA) is 84.2 Å². The summed E-state index contributed by atoms with van der Waals surface area (Å²) < 4.78 is 1.75. The first-order chi connectivity index (χ1) is 8.84. The largest absolute Gasteiger partial charge is 0.481 e. The van der Waals surface area contributed by atoms with Gasteiger partial charge in [-0.05, 0) is 17.9 Å². The smallest absolute Gasteiger partial charge is 0.307 e. The highest BCUT2D eigenvalue weighted by atomic mass is 16.4. The van der Waals surface area contributed by atoms with Crippen LogP contribution in [0.5, 0.6) is 0 Å². The van der Waals surface area contributed by atoms with Crippen LogP contribution < -0.4 is 5.32 Å². The molecule has 1 aromatic heterocycles. The highest BCUT2D eigenvalue weighted by Gasteiger charge is 2.65. The van der Waals surface area contributed by atoms with Crippen LogP contribution in [0, 0.1) is 24.2 Å². The molecule has 1 fully saturated rings. The maximum absolute atomic E-state index is 11.9. The normalized spacial score (nSPS) is 23.9. The lowest BCUT2D eigenvalue weighted by molar-refractivity contribution is -0.140. The van der Waals surface area contributed by atoms with Gasteiger partial charge in [0, 0.05) is 12.7 Å². The van der Waals surface area contributed by atoms with Crippen molar-refractivity contribution in [2.75, 3.05) is 6.54 Å². The Morgan fingerprint density at radius 2 is 2.16 bits per heavy atom. The van der Waals surface area contributed by atoms with Gasteiger partial charge in [0.15, 0.2) is 0 Å². The molecule has 1 aliphatic rings. The number of carbonyl (C=O) groups is 2. The number of rotatable bonds is 5. The number of hydrogen-bond acceptors (Lipinski definition) is 3.